The normalized spacial score (nSPS) is 16.5. The largest absolute Gasteiger partial charge is 0.493 e. The third-order valence-corrected chi connectivity index (χ3v) is 6.12. The number of fused-ring (bicyclic) bond motifs is 1. The van der Waals surface area contributed by atoms with Crippen LogP contribution in [0.25, 0.3) is 11.0 Å². The van der Waals surface area contributed by atoms with E-state index in [4.69, 9.17) is 9.47 Å². The van der Waals surface area contributed by atoms with E-state index in [1.807, 2.05) is 50.2 Å². The van der Waals surface area contributed by atoms with E-state index in [2.05, 4.69) is 14.9 Å². The second kappa shape index (κ2) is 9.58. The number of aromatic amines is 2. The Bertz CT molecular complexity index is 1050. The standard InChI is InChI=1S/C24H31N3O4/c1-16-12-21(23-22(17(16)2)25-24(29)26-23)31-15-19(28)13-27-10-8-18(9-11-27)14-30-20-6-4-3-5-7-20/h3-7,12,18-19,28H,8-11,13-15H2,1-2H3,(H2,25,26,29). The molecule has 31 heavy (non-hydrogen) atoms. The molecule has 7 nitrogen and oxygen atoms in total. The molecule has 1 unspecified atom stereocenters. The molecule has 2 aromatic carbocycles. The van der Waals surface area contributed by atoms with E-state index in [1.165, 1.54) is 0 Å². The fourth-order valence-corrected chi connectivity index (χ4v) is 4.14. The van der Waals surface area contributed by atoms with Crippen molar-refractivity contribution in [1.29, 1.82) is 0 Å². The van der Waals surface area contributed by atoms with Crippen LogP contribution in [0.2, 0.25) is 0 Å². The lowest BCUT2D eigenvalue weighted by Crippen LogP contribution is -2.41. The van der Waals surface area contributed by atoms with Crippen LogP contribution in [-0.4, -0.2) is 58.9 Å². The van der Waals surface area contributed by atoms with E-state index < -0.39 is 6.10 Å². The monoisotopic (exact) mass is 425 g/mol. The first-order valence-electron chi connectivity index (χ1n) is 10.9. The van der Waals surface area contributed by atoms with Gasteiger partial charge in [-0.1, -0.05) is 18.2 Å². The van der Waals surface area contributed by atoms with E-state index in [0.29, 0.717) is 23.7 Å². The lowest BCUT2D eigenvalue weighted by molar-refractivity contribution is 0.0506. The van der Waals surface area contributed by atoms with Crippen LogP contribution in [0.5, 0.6) is 11.5 Å². The number of para-hydroxylation sites is 1. The Morgan fingerprint density at radius 2 is 1.81 bits per heavy atom. The summed E-state index contributed by atoms with van der Waals surface area (Å²) in [7, 11) is 0. The smallest absolute Gasteiger partial charge is 0.323 e. The van der Waals surface area contributed by atoms with Crippen LogP contribution in [0.4, 0.5) is 0 Å². The quantitative estimate of drug-likeness (QED) is 0.516. The zero-order valence-corrected chi connectivity index (χ0v) is 18.2. The molecular weight excluding hydrogens is 394 g/mol. The summed E-state index contributed by atoms with van der Waals surface area (Å²) in [5.41, 5.74) is 3.20. The summed E-state index contributed by atoms with van der Waals surface area (Å²) in [4.78, 5) is 19.6. The van der Waals surface area contributed by atoms with Gasteiger partial charge in [0.05, 0.1) is 12.1 Å². The highest BCUT2D eigenvalue weighted by molar-refractivity contribution is 5.85. The van der Waals surface area contributed by atoms with Crippen LogP contribution in [0.1, 0.15) is 24.0 Å². The summed E-state index contributed by atoms with van der Waals surface area (Å²) in [6, 6.07) is 11.8. The van der Waals surface area contributed by atoms with Crippen molar-refractivity contribution in [1.82, 2.24) is 14.9 Å². The van der Waals surface area contributed by atoms with Crippen molar-refractivity contribution < 1.29 is 14.6 Å². The summed E-state index contributed by atoms with van der Waals surface area (Å²) < 4.78 is 11.8. The number of aliphatic hydroxyl groups is 1. The van der Waals surface area contributed by atoms with Crippen molar-refractivity contribution in [2.75, 3.05) is 32.8 Å². The summed E-state index contributed by atoms with van der Waals surface area (Å²) in [6.45, 7) is 7.33. The molecule has 166 valence electrons. The minimum atomic E-state index is -0.598. The van der Waals surface area contributed by atoms with Gasteiger partial charge in [0.15, 0.2) is 0 Å². The summed E-state index contributed by atoms with van der Waals surface area (Å²) in [5.74, 6) is 2.05. The first kappa shape index (κ1) is 21.5. The van der Waals surface area contributed by atoms with Gasteiger partial charge in [0.2, 0.25) is 0 Å². The number of piperidine rings is 1. The topological polar surface area (TPSA) is 90.6 Å². The lowest BCUT2D eigenvalue weighted by Gasteiger charge is -2.33. The second-order valence-electron chi connectivity index (χ2n) is 8.48. The summed E-state index contributed by atoms with van der Waals surface area (Å²) in [6.07, 6.45) is 1.52. The number of H-pyrrole nitrogens is 2. The number of hydrogen-bond donors (Lipinski definition) is 3. The van der Waals surface area contributed by atoms with Crippen molar-refractivity contribution in [2.45, 2.75) is 32.8 Å². The van der Waals surface area contributed by atoms with Gasteiger partial charge in [-0.05, 0) is 75.0 Å². The van der Waals surface area contributed by atoms with Gasteiger partial charge in [-0.25, -0.2) is 4.79 Å². The van der Waals surface area contributed by atoms with Crippen molar-refractivity contribution in [3.63, 3.8) is 0 Å². The maximum absolute atomic E-state index is 11.7. The molecule has 0 spiro atoms. The highest BCUT2D eigenvalue weighted by Gasteiger charge is 2.22. The molecule has 3 N–H and O–H groups in total. The summed E-state index contributed by atoms with van der Waals surface area (Å²) >= 11 is 0. The average molecular weight is 426 g/mol. The Kier molecular flexibility index (Phi) is 6.63. The fourth-order valence-electron chi connectivity index (χ4n) is 4.14. The van der Waals surface area contributed by atoms with Gasteiger partial charge in [-0.15, -0.1) is 0 Å². The minimum Gasteiger partial charge on any atom is -0.493 e. The van der Waals surface area contributed by atoms with E-state index in [-0.39, 0.29) is 12.3 Å². The molecule has 3 aromatic rings. The first-order chi connectivity index (χ1) is 15.0. The molecule has 1 aliphatic heterocycles. The molecule has 1 fully saturated rings. The SMILES string of the molecule is Cc1cc(OCC(O)CN2CCC(COc3ccccc3)CC2)c2[nH]c(=O)[nH]c2c1C. The van der Waals surface area contributed by atoms with Gasteiger partial charge in [0.25, 0.3) is 0 Å². The number of β-amino-alcohol motifs (C(OH)–C–C–N with tert-alkyl or cyclic N) is 1. The lowest BCUT2D eigenvalue weighted by atomic mass is 9.97. The molecule has 0 saturated carbocycles. The number of aryl methyl sites for hydroxylation is 2. The average Bonchev–Trinajstić information content (AvgIpc) is 3.17. The third-order valence-electron chi connectivity index (χ3n) is 6.12. The van der Waals surface area contributed by atoms with Crippen LogP contribution >= 0.6 is 0 Å². The van der Waals surface area contributed by atoms with E-state index in [0.717, 1.165) is 54.9 Å². The zero-order valence-electron chi connectivity index (χ0n) is 18.2. The molecule has 1 aliphatic rings. The molecule has 2 heterocycles. The van der Waals surface area contributed by atoms with Gasteiger partial charge in [0.1, 0.15) is 29.7 Å². The highest BCUT2D eigenvalue weighted by Crippen LogP contribution is 2.28. The molecular formula is C24H31N3O4. The number of aromatic nitrogens is 2. The molecule has 4 rings (SSSR count). The molecule has 0 radical (unpaired) electrons. The van der Waals surface area contributed by atoms with E-state index in [9.17, 15) is 9.90 Å². The fraction of sp³-hybridized carbons (Fsp3) is 0.458. The highest BCUT2D eigenvalue weighted by atomic mass is 16.5. The van der Waals surface area contributed by atoms with Crippen molar-refractivity contribution >= 4 is 11.0 Å². The van der Waals surface area contributed by atoms with Gasteiger partial charge in [0, 0.05) is 6.54 Å². The molecule has 0 amide bonds. The van der Waals surface area contributed by atoms with E-state index >= 15 is 0 Å². The van der Waals surface area contributed by atoms with Gasteiger partial charge in [-0.2, -0.15) is 0 Å². The molecule has 0 bridgehead atoms. The zero-order chi connectivity index (χ0) is 21.8. The predicted molar refractivity (Wildman–Crippen MR) is 121 cm³/mol. The molecule has 0 aliphatic carbocycles. The Morgan fingerprint density at radius 3 is 2.55 bits per heavy atom. The number of nitrogens with zero attached hydrogens (tertiary/aromatic N) is 1. The van der Waals surface area contributed by atoms with Crippen LogP contribution in [0, 0.1) is 19.8 Å². The number of imidazole rings is 1. The first-order valence-corrected chi connectivity index (χ1v) is 10.9. The number of ether oxygens (including phenoxy) is 2. The van der Waals surface area contributed by atoms with Crippen molar-refractivity contribution in [2.24, 2.45) is 5.92 Å². The number of benzene rings is 2. The molecule has 7 heteroatoms. The molecule has 1 atom stereocenters. The van der Waals surface area contributed by atoms with Gasteiger partial charge < -0.3 is 29.4 Å². The van der Waals surface area contributed by atoms with Crippen LogP contribution < -0.4 is 15.2 Å². The number of aliphatic hydroxyl groups excluding tert-OH is 1. The Labute approximate surface area is 182 Å². The maximum Gasteiger partial charge on any atom is 0.323 e. The number of rotatable bonds is 8. The Hall–Kier alpha value is -2.77. The van der Waals surface area contributed by atoms with Crippen LogP contribution in [0.3, 0.4) is 0 Å². The van der Waals surface area contributed by atoms with Gasteiger partial charge in [-0.3, -0.25) is 0 Å². The molecule has 1 aromatic heterocycles. The van der Waals surface area contributed by atoms with Crippen molar-refractivity contribution in [3.8, 4) is 11.5 Å². The predicted octanol–water partition coefficient (Wildman–Crippen LogP) is 3.00. The third kappa shape index (κ3) is 5.29. The minimum absolute atomic E-state index is 0.182. The Morgan fingerprint density at radius 1 is 1.10 bits per heavy atom. The Balaban J connectivity index is 1.24. The molecule has 1 saturated heterocycles. The van der Waals surface area contributed by atoms with Crippen LogP contribution in [-0.2, 0) is 0 Å². The van der Waals surface area contributed by atoms with Crippen LogP contribution in [0.15, 0.2) is 41.2 Å². The van der Waals surface area contributed by atoms with Crippen molar-refractivity contribution in [3.05, 3.63) is 58.0 Å². The van der Waals surface area contributed by atoms with E-state index in [1.54, 1.807) is 0 Å². The van der Waals surface area contributed by atoms with Gasteiger partial charge >= 0.3 is 5.69 Å². The second-order valence-corrected chi connectivity index (χ2v) is 8.48. The summed E-state index contributed by atoms with van der Waals surface area (Å²) in [5, 5.41) is 10.5. The number of hydrogen-bond acceptors (Lipinski definition) is 5. The number of nitrogens with one attached hydrogen (secondary N) is 2. The maximum atomic E-state index is 11.7. The number of likely N-dealkylation sites (tertiary alicyclic amines) is 1.